The van der Waals surface area contributed by atoms with Crippen LogP contribution in [0.25, 0.3) is 0 Å². The number of carbonyl (C=O) groups is 2. The van der Waals surface area contributed by atoms with Crippen LogP contribution in [0.2, 0.25) is 0 Å². The van der Waals surface area contributed by atoms with E-state index < -0.39 is 5.97 Å². The molecule has 0 saturated carbocycles. The van der Waals surface area contributed by atoms with Crippen LogP contribution in [0.3, 0.4) is 0 Å². The van der Waals surface area contributed by atoms with E-state index >= 15 is 0 Å². The summed E-state index contributed by atoms with van der Waals surface area (Å²) in [7, 11) is 0. The highest BCUT2D eigenvalue weighted by Crippen LogP contribution is 2.21. The minimum Gasteiger partial charge on any atom is -0.481 e. The number of aryl methyl sites for hydroxylation is 1. The average Bonchev–Trinajstić information content (AvgIpc) is 2.99. The largest absolute Gasteiger partial charge is 0.481 e. The molecular weight excluding hydrogens is 280 g/mol. The van der Waals surface area contributed by atoms with Crippen molar-refractivity contribution in [2.45, 2.75) is 44.6 Å². The number of urea groups is 1. The van der Waals surface area contributed by atoms with Crippen LogP contribution in [0, 0.1) is 0 Å². The van der Waals surface area contributed by atoms with Crippen molar-refractivity contribution < 1.29 is 14.7 Å². The van der Waals surface area contributed by atoms with Crippen molar-refractivity contribution in [1.82, 2.24) is 10.2 Å². The zero-order chi connectivity index (χ0) is 15.8. The van der Waals surface area contributed by atoms with Gasteiger partial charge in [-0.1, -0.05) is 30.3 Å². The van der Waals surface area contributed by atoms with E-state index in [-0.39, 0.29) is 12.5 Å². The fraction of sp³-hybridized carbons (Fsp3) is 0.529. The summed E-state index contributed by atoms with van der Waals surface area (Å²) in [6.07, 6.45) is 4.62. The summed E-state index contributed by atoms with van der Waals surface area (Å²) in [5.41, 5.74) is 1.30. The molecule has 22 heavy (non-hydrogen) atoms. The molecule has 1 aliphatic rings. The molecule has 1 saturated heterocycles. The summed E-state index contributed by atoms with van der Waals surface area (Å²) in [6, 6.07) is 10.6. The average molecular weight is 304 g/mol. The smallest absolute Gasteiger partial charge is 0.317 e. The molecule has 2 amide bonds. The lowest BCUT2D eigenvalue weighted by molar-refractivity contribution is -0.137. The molecular formula is C17H24N2O3. The molecule has 2 N–H and O–H groups in total. The van der Waals surface area contributed by atoms with Gasteiger partial charge in [0.05, 0.1) is 0 Å². The summed E-state index contributed by atoms with van der Waals surface area (Å²) in [5, 5.41) is 11.4. The molecule has 1 aromatic carbocycles. The van der Waals surface area contributed by atoms with Crippen LogP contribution in [0.15, 0.2) is 30.3 Å². The standard InChI is InChI=1S/C17H24N2O3/c20-16(21)9-4-12-18-17(22)19-13-5-8-15(19)11-10-14-6-2-1-3-7-14/h1-3,6-7,15H,4-5,8-13H2,(H,18,22)(H,20,21). The second-order valence-corrected chi connectivity index (χ2v) is 5.74. The lowest BCUT2D eigenvalue weighted by Gasteiger charge is -2.25. The van der Waals surface area contributed by atoms with Gasteiger partial charge in [-0.3, -0.25) is 4.79 Å². The Balaban J connectivity index is 1.74. The first kappa shape index (κ1) is 16.3. The molecule has 1 heterocycles. The van der Waals surface area contributed by atoms with Crippen molar-refractivity contribution in [2.24, 2.45) is 0 Å². The molecule has 5 nitrogen and oxygen atoms in total. The first-order valence-corrected chi connectivity index (χ1v) is 7.97. The van der Waals surface area contributed by atoms with E-state index in [1.165, 1.54) is 5.56 Å². The number of likely N-dealkylation sites (tertiary alicyclic amines) is 1. The maximum absolute atomic E-state index is 12.2. The molecule has 0 aliphatic carbocycles. The molecule has 1 unspecified atom stereocenters. The van der Waals surface area contributed by atoms with Gasteiger partial charge in [-0.25, -0.2) is 4.79 Å². The second kappa shape index (κ2) is 8.41. The maximum Gasteiger partial charge on any atom is 0.317 e. The molecule has 2 rings (SSSR count). The third kappa shape index (κ3) is 5.06. The highest BCUT2D eigenvalue weighted by Gasteiger charge is 2.27. The van der Waals surface area contributed by atoms with Crippen LogP contribution >= 0.6 is 0 Å². The quantitative estimate of drug-likeness (QED) is 0.761. The summed E-state index contributed by atoms with van der Waals surface area (Å²) >= 11 is 0. The monoisotopic (exact) mass is 304 g/mol. The van der Waals surface area contributed by atoms with E-state index in [1.54, 1.807) is 0 Å². The molecule has 0 radical (unpaired) electrons. The minimum absolute atomic E-state index is 0.0547. The number of hydrogen-bond acceptors (Lipinski definition) is 2. The van der Waals surface area contributed by atoms with Gasteiger partial charge in [0.15, 0.2) is 0 Å². The zero-order valence-corrected chi connectivity index (χ0v) is 12.8. The number of hydrogen-bond donors (Lipinski definition) is 2. The third-order valence-corrected chi connectivity index (χ3v) is 4.09. The lowest BCUT2D eigenvalue weighted by Crippen LogP contribution is -2.43. The number of carboxylic acid groups (broad SMARTS) is 1. The number of nitrogens with one attached hydrogen (secondary N) is 1. The van der Waals surface area contributed by atoms with Gasteiger partial charge in [-0.15, -0.1) is 0 Å². The normalized spacial score (nSPS) is 17.5. The summed E-state index contributed by atoms with van der Waals surface area (Å²) < 4.78 is 0. The summed E-state index contributed by atoms with van der Waals surface area (Å²) in [5.74, 6) is -0.823. The van der Waals surface area contributed by atoms with E-state index in [9.17, 15) is 9.59 Å². The molecule has 1 atom stereocenters. The van der Waals surface area contributed by atoms with Crippen molar-refractivity contribution in [3.05, 3.63) is 35.9 Å². The van der Waals surface area contributed by atoms with E-state index in [4.69, 9.17) is 5.11 Å². The van der Waals surface area contributed by atoms with E-state index in [0.29, 0.717) is 19.0 Å². The minimum atomic E-state index is -0.823. The highest BCUT2D eigenvalue weighted by molar-refractivity contribution is 5.75. The molecule has 0 bridgehead atoms. The Hall–Kier alpha value is -2.04. The molecule has 1 aliphatic heterocycles. The topological polar surface area (TPSA) is 69.6 Å². The molecule has 120 valence electrons. The summed E-state index contributed by atoms with van der Waals surface area (Å²) in [4.78, 5) is 24.5. The Morgan fingerprint density at radius 2 is 2.05 bits per heavy atom. The Labute approximate surface area is 131 Å². The number of amides is 2. The van der Waals surface area contributed by atoms with Gasteiger partial charge in [0, 0.05) is 25.6 Å². The van der Waals surface area contributed by atoms with Gasteiger partial charge in [0.1, 0.15) is 0 Å². The van der Waals surface area contributed by atoms with Crippen molar-refractivity contribution in [2.75, 3.05) is 13.1 Å². The number of aliphatic carboxylic acids is 1. The van der Waals surface area contributed by atoms with Crippen molar-refractivity contribution in [3.8, 4) is 0 Å². The Bertz CT molecular complexity index is 490. The van der Waals surface area contributed by atoms with Crippen molar-refractivity contribution >= 4 is 12.0 Å². The van der Waals surface area contributed by atoms with Crippen molar-refractivity contribution in [1.29, 1.82) is 0 Å². The van der Waals surface area contributed by atoms with Gasteiger partial charge >= 0.3 is 12.0 Å². The number of rotatable bonds is 7. The van der Waals surface area contributed by atoms with Crippen LogP contribution in [-0.4, -0.2) is 41.1 Å². The van der Waals surface area contributed by atoms with Crippen molar-refractivity contribution in [3.63, 3.8) is 0 Å². The van der Waals surface area contributed by atoms with Crippen LogP contribution in [-0.2, 0) is 11.2 Å². The highest BCUT2D eigenvalue weighted by atomic mass is 16.4. The fourth-order valence-corrected chi connectivity index (χ4v) is 2.92. The number of benzene rings is 1. The van der Waals surface area contributed by atoms with Gasteiger partial charge in [0.25, 0.3) is 0 Å². The Morgan fingerprint density at radius 3 is 2.77 bits per heavy atom. The van der Waals surface area contributed by atoms with Gasteiger partial charge < -0.3 is 15.3 Å². The van der Waals surface area contributed by atoms with Gasteiger partial charge in [-0.2, -0.15) is 0 Å². The van der Waals surface area contributed by atoms with Crippen LogP contribution < -0.4 is 5.32 Å². The number of carboxylic acids is 1. The van der Waals surface area contributed by atoms with Crippen LogP contribution in [0.1, 0.15) is 37.7 Å². The van der Waals surface area contributed by atoms with Gasteiger partial charge in [-0.05, 0) is 37.7 Å². The van der Waals surface area contributed by atoms with E-state index in [0.717, 1.165) is 32.2 Å². The van der Waals surface area contributed by atoms with Crippen LogP contribution in [0.5, 0.6) is 0 Å². The third-order valence-electron chi connectivity index (χ3n) is 4.09. The predicted molar refractivity (Wildman–Crippen MR) is 84.8 cm³/mol. The SMILES string of the molecule is O=C(O)CCCNC(=O)N1CCCC1CCc1ccccc1. The van der Waals surface area contributed by atoms with E-state index in [2.05, 4.69) is 17.4 Å². The molecule has 0 aromatic heterocycles. The van der Waals surface area contributed by atoms with E-state index in [1.807, 2.05) is 23.1 Å². The first-order valence-electron chi connectivity index (χ1n) is 7.97. The Kier molecular flexibility index (Phi) is 6.25. The number of nitrogens with zero attached hydrogens (tertiary/aromatic N) is 1. The van der Waals surface area contributed by atoms with Gasteiger partial charge in [0.2, 0.25) is 0 Å². The fourth-order valence-electron chi connectivity index (χ4n) is 2.92. The lowest BCUT2D eigenvalue weighted by atomic mass is 10.0. The molecule has 0 spiro atoms. The Morgan fingerprint density at radius 1 is 1.27 bits per heavy atom. The second-order valence-electron chi connectivity index (χ2n) is 5.74. The molecule has 1 fully saturated rings. The number of carbonyl (C=O) groups excluding carboxylic acids is 1. The predicted octanol–water partition coefficient (Wildman–Crippen LogP) is 2.66. The zero-order valence-electron chi connectivity index (χ0n) is 12.8. The summed E-state index contributed by atoms with van der Waals surface area (Å²) in [6.45, 7) is 1.22. The molecule has 1 aromatic rings. The van der Waals surface area contributed by atoms with Crippen LogP contribution in [0.4, 0.5) is 4.79 Å². The maximum atomic E-state index is 12.2. The molecule has 5 heteroatoms. The first-order chi connectivity index (χ1) is 10.7.